The van der Waals surface area contributed by atoms with Crippen molar-refractivity contribution in [1.82, 2.24) is 20.3 Å². The van der Waals surface area contributed by atoms with Gasteiger partial charge in [-0.1, -0.05) is 36.4 Å². The molecule has 0 spiro atoms. The van der Waals surface area contributed by atoms with Gasteiger partial charge < -0.3 is 35.8 Å². The maximum absolute atomic E-state index is 12.0. The van der Waals surface area contributed by atoms with Crippen LogP contribution in [0.25, 0.3) is 0 Å². The standard InChI is InChI=1S/C28H31N7O4/c36-24-13-11-23(12-14-24)32-28-34-26(33-27(35-28)31-22-9-5-2-6-10-22)30-16-18-39-20-19-38-17-15-29-25(37)21-7-3-1-4-8-21/h1-14,36H,15-20H2,(H,29,37)(H3,30,31,32,33,34,35). The molecule has 0 bridgehead atoms. The lowest BCUT2D eigenvalue weighted by atomic mass is 10.2. The molecule has 0 saturated carbocycles. The fourth-order valence-corrected chi connectivity index (χ4v) is 3.38. The number of carbonyl (C=O) groups is 1. The van der Waals surface area contributed by atoms with Crippen molar-refractivity contribution < 1.29 is 19.4 Å². The SMILES string of the molecule is O=C(NCCOCCOCCNc1nc(Nc2ccccc2)nc(Nc2ccc(O)cc2)n1)c1ccccc1. The zero-order chi connectivity index (χ0) is 27.1. The van der Waals surface area contributed by atoms with Gasteiger partial charge in [0.05, 0.1) is 26.4 Å². The van der Waals surface area contributed by atoms with E-state index in [1.54, 1.807) is 36.4 Å². The largest absolute Gasteiger partial charge is 0.508 e. The second kappa shape index (κ2) is 14.9. The molecule has 3 aromatic carbocycles. The first-order chi connectivity index (χ1) is 19.2. The molecule has 202 valence electrons. The molecular formula is C28H31N7O4. The lowest BCUT2D eigenvalue weighted by Gasteiger charge is -2.12. The van der Waals surface area contributed by atoms with E-state index >= 15 is 0 Å². The van der Waals surface area contributed by atoms with E-state index in [2.05, 4.69) is 36.2 Å². The van der Waals surface area contributed by atoms with Crippen molar-refractivity contribution in [3.8, 4) is 5.75 Å². The van der Waals surface area contributed by atoms with Gasteiger partial charge in [0.25, 0.3) is 5.91 Å². The van der Waals surface area contributed by atoms with Gasteiger partial charge in [-0.05, 0) is 48.5 Å². The monoisotopic (exact) mass is 529 g/mol. The maximum atomic E-state index is 12.0. The zero-order valence-corrected chi connectivity index (χ0v) is 21.3. The highest BCUT2D eigenvalue weighted by Gasteiger charge is 2.08. The lowest BCUT2D eigenvalue weighted by Crippen LogP contribution is -2.27. The number of para-hydroxylation sites is 1. The average Bonchev–Trinajstić information content (AvgIpc) is 2.96. The Bertz CT molecular complexity index is 1290. The third-order valence-electron chi connectivity index (χ3n) is 5.26. The fraction of sp³-hybridized carbons (Fsp3) is 0.214. The summed E-state index contributed by atoms with van der Waals surface area (Å²) >= 11 is 0. The van der Waals surface area contributed by atoms with Gasteiger partial charge in [0, 0.05) is 30.0 Å². The Labute approximate surface area is 226 Å². The summed E-state index contributed by atoms with van der Waals surface area (Å²) in [5.74, 6) is 1.13. The van der Waals surface area contributed by atoms with Crippen LogP contribution in [0.2, 0.25) is 0 Å². The number of anilines is 5. The molecule has 0 saturated heterocycles. The molecule has 0 fully saturated rings. The van der Waals surface area contributed by atoms with E-state index < -0.39 is 0 Å². The van der Waals surface area contributed by atoms with E-state index in [0.717, 1.165) is 11.4 Å². The van der Waals surface area contributed by atoms with Crippen molar-refractivity contribution in [3.05, 3.63) is 90.5 Å². The van der Waals surface area contributed by atoms with Crippen molar-refractivity contribution in [1.29, 1.82) is 0 Å². The number of ether oxygens (including phenoxy) is 2. The van der Waals surface area contributed by atoms with E-state index in [-0.39, 0.29) is 11.7 Å². The number of rotatable bonds is 15. The van der Waals surface area contributed by atoms with Crippen LogP contribution in [-0.2, 0) is 9.47 Å². The normalized spacial score (nSPS) is 10.6. The van der Waals surface area contributed by atoms with Crippen LogP contribution >= 0.6 is 0 Å². The van der Waals surface area contributed by atoms with Crippen LogP contribution in [0.5, 0.6) is 5.75 Å². The van der Waals surface area contributed by atoms with Crippen LogP contribution in [0.3, 0.4) is 0 Å². The summed E-state index contributed by atoms with van der Waals surface area (Å²) in [5, 5.41) is 21.8. The number of carbonyl (C=O) groups excluding carboxylic acids is 1. The minimum atomic E-state index is -0.122. The number of aromatic hydroxyl groups is 1. The van der Waals surface area contributed by atoms with Gasteiger partial charge in [0.1, 0.15) is 5.75 Å². The van der Waals surface area contributed by atoms with Crippen LogP contribution < -0.4 is 21.3 Å². The molecule has 1 aromatic heterocycles. The van der Waals surface area contributed by atoms with E-state index in [1.807, 2.05) is 48.5 Å². The highest BCUT2D eigenvalue weighted by Crippen LogP contribution is 2.20. The molecule has 4 aromatic rings. The Kier molecular flexibility index (Phi) is 10.4. The highest BCUT2D eigenvalue weighted by molar-refractivity contribution is 5.94. The number of hydrogen-bond acceptors (Lipinski definition) is 10. The number of aromatic nitrogens is 3. The van der Waals surface area contributed by atoms with Crippen molar-refractivity contribution in [2.24, 2.45) is 0 Å². The molecule has 11 heteroatoms. The molecule has 0 unspecified atom stereocenters. The molecule has 4 rings (SSSR count). The minimum absolute atomic E-state index is 0.122. The number of nitrogens with one attached hydrogen (secondary N) is 4. The molecule has 0 aliphatic heterocycles. The summed E-state index contributed by atoms with van der Waals surface area (Å²) in [4.78, 5) is 25.3. The summed E-state index contributed by atoms with van der Waals surface area (Å²) in [7, 11) is 0. The van der Waals surface area contributed by atoms with E-state index in [1.165, 1.54) is 0 Å². The molecule has 0 atom stereocenters. The van der Waals surface area contributed by atoms with Crippen LogP contribution in [0.15, 0.2) is 84.9 Å². The summed E-state index contributed by atoms with van der Waals surface area (Å²) < 4.78 is 11.1. The van der Waals surface area contributed by atoms with Gasteiger partial charge in [-0.2, -0.15) is 15.0 Å². The third kappa shape index (κ3) is 9.58. The summed E-state index contributed by atoms with van der Waals surface area (Å²) in [6.45, 7) is 2.55. The van der Waals surface area contributed by atoms with Gasteiger partial charge in [0.2, 0.25) is 17.8 Å². The Morgan fingerprint density at radius 2 is 1.18 bits per heavy atom. The third-order valence-corrected chi connectivity index (χ3v) is 5.26. The smallest absolute Gasteiger partial charge is 0.251 e. The number of phenolic OH excluding ortho intramolecular Hbond substituents is 1. The number of nitrogens with zero attached hydrogens (tertiary/aromatic N) is 3. The van der Waals surface area contributed by atoms with Gasteiger partial charge >= 0.3 is 0 Å². The predicted molar refractivity (Wildman–Crippen MR) is 150 cm³/mol. The second-order valence-corrected chi connectivity index (χ2v) is 8.24. The topological polar surface area (TPSA) is 143 Å². The Morgan fingerprint density at radius 1 is 0.641 bits per heavy atom. The van der Waals surface area contributed by atoms with Crippen molar-refractivity contribution in [2.75, 3.05) is 55.5 Å². The second-order valence-electron chi connectivity index (χ2n) is 8.24. The van der Waals surface area contributed by atoms with Gasteiger partial charge in [-0.25, -0.2) is 0 Å². The number of hydrogen-bond donors (Lipinski definition) is 5. The van der Waals surface area contributed by atoms with Gasteiger partial charge in [0.15, 0.2) is 0 Å². The van der Waals surface area contributed by atoms with Crippen LogP contribution in [0.4, 0.5) is 29.2 Å². The summed E-state index contributed by atoms with van der Waals surface area (Å²) in [6.07, 6.45) is 0. The van der Waals surface area contributed by atoms with Gasteiger partial charge in [-0.3, -0.25) is 4.79 Å². The molecule has 0 aliphatic carbocycles. The summed E-state index contributed by atoms with van der Waals surface area (Å²) in [5.41, 5.74) is 2.18. The first-order valence-corrected chi connectivity index (χ1v) is 12.5. The van der Waals surface area contributed by atoms with Crippen LogP contribution in [-0.4, -0.2) is 65.5 Å². The first-order valence-electron chi connectivity index (χ1n) is 12.5. The molecule has 1 heterocycles. The van der Waals surface area contributed by atoms with Crippen molar-refractivity contribution in [3.63, 3.8) is 0 Å². The predicted octanol–water partition coefficient (Wildman–Crippen LogP) is 3.94. The number of benzene rings is 3. The highest BCUT2D eigenvalue weighted by atomic mass is 16.5. The van der Waals surface area contributed by atoms with Crippen molar-refractivity contribution >= 4 is 35.1 Å². The van der Waals surface area contributed by atoms with Crippen LogP contribution in [0, 0.1) is 0 Å². The number of phenols is 1. The minimum Gasteiger partial charge on any atom is -0.508 e. The van der Waals surface area contributed by atoms with Gasteiger partial charge in [-0.15, -0.1) is 0 Å². The fourth-order valence-electron chi connectivity index (χ4n) is 3.38. The number of amides is 1. The lowest BCUT2D eigenvalue weighted by molar-refractivity contribution is 0.0519. The Hall–Kier alpha value is -4.74. The molecule has 0 radical (unpaired) electrons. The molecule has 0 aliphatic rings. The quantitative estimate of drug-likeness (QED) is 0.113. The Balaban J connectivity index is 1.18. The van der Waals surface area contributed by atoms with Crippen molar-refractivity contribution in [2.45, 2.75) is 0 Å². The van der Waals surface area contributed by atoms with E-state index in [0.29, 0.717) is 62.9 Å². The molecule has 39 heavy (non-hydrogen) atoms. The Morgan fingerprint density at radius 3 is 1.82 bits per heavy atom. The average molecular weight is 530 g/mol. The molecule has 11 nitrogen and oxygen atoms in total. The summed E-state index contributed by atoms with van der Waals surface area (Å²) in [6, 6.07) is 25.2. The van der Waals surface area contributed by atoms with E-state index in [4.69, 9.17) is 9.47 Å². The zero-order valence-electron chi connectivity index (χ0n) is 21.3. The molecule has 5 N–H and O–H groups in total. The molecule has 1 amide bonds. The molecular weight excluding hydrogens is 498 g/mol. The van der Waals surface area contributed by atoms with E-state index in [9.17, 15) is 9.90 Å². The maximum Gasteiger partial charge on any atom is 0.251 e. The first kappa shape index (κ1) is 27.3. The van der Waals surface area contributed by atoms with Crippen LogP contribution in [0.1, 0.15) is 10.4 Å².